The van der Waals surface area contributed by atoms with Crippen molar-refractivity contribution in [1.29, 1.82) is 0 Å². The van der Waals surface area contributed by atoms with E-state index in [9.17, 15) is 13.2 Å². The number of rotatable bonds is 10. The molecule has 0 unspecified atom stereocenters. The van der Waals surface area contributed by atoms with Gasteiger partial charge in [-0.15, -0.1) is 8.42 Å². The number of carbonyl (C=O) groups excluding carboxylic acids is 1. The van der Waals surface area contributed by atoms with Crippen LogP contribution in [0.3, 0.4) is 0 Å². The van der Waals surface area contributed by atoms with Gasteiger partial charge in [-0.2, -0.15) is 0 Å². The monoisotopic (exact) mass is 537 g/mol. The van der Waals surface area contributed by atoms with Crippen molar-refractivity contribution >= 4 is 26.2 Å². The molecule has 0 saturated carbocycles. The molecule has 37 heavy (non-hydrogen) atoms. The summed E-state index contributed by atoms with van der Waals surface area (Å²) in [6, 6.07) is 29.8. The molecule has 0 heterocycles. The lowest BCUT2D eigenvalue weighted by Gasteiger charge is -2.34. The summed E-state index contributed by atoms with van der Waals surface area (Å²) < 4.78 is 42.9. The van der Waals surface area contributed by atoms with Gasteiger partial charge in [0.05, 0.1) is 29.6 Å². The first-order valence-corrected chi connectivity index (χ1v) is 14.7. The Morgan fingerprint density at radius 1 is 0.730 bits per heavy atom. The molecule has 0 aromatic heterocycles. The van der Waals surface area contributed by atoms with Crippen LogP contribution in [0.1, 0.15) is 15.9 Å². The van der Waals surface area contributed by atoms with E-state index >= 15 is 0 Å². The van der Waals surface area contributed by atoms with Gasteiger partial charge in [-0.05, 0) is 61.5 Å². The zero-order valence-electron chi connectivity index (χ0n) is 20.8. The summed E-state index contributed by atoms with van der Waals surface area (Å²) in [5.74, 6) is 0.395. The zero-order valence-corrected chi connectivity index (χ0v) is 22.5. The molecule has 4 aromatic carbocycles. The number of hydrogen-bond donors (Lipinski definition) is 0. The minimum atomic E-state index is -4.13. The molecule has 0 radical (unpaired) electrons. The third-order valence-electron chi connectivity index (χ3n) is 5.86. The van der Waals surface area contributed by atoms with Crippen LogP contribution in [0.25, 0.3) is 0 Å². The van der Waals surface area contributed by atoms with Crippen LogP contribution in [0.2, 0.25) is 0 Å². The Balaban J connectivity index is 1.91. The number of aryl methyl sites for hydroxylation is 1. The standard InChI is InChI=1S/C29H28O6S2/c1-22-14-17-26(18-15-22)37(31,32)35-36(24-10-6-4-7-11-24,25-12-8-5-9-13-25)21-28(30)27-20-23(33-2)16-19-29(27)34-3/h4-20H,21H2,1-3H3/p+1. The highest BCUT2D eigenvalue weighted by molar-refractivity contribution is 8.32. The average Bonchev–Trinajstić information content (AvgIpc) is 2.93. The molecule has 4 aromatic rings. The number of Topliss-reactive ketones (excluding diaryl/α,β-unsaturated/α-hetero) is 1. The summed E-state index contributed by atoms with van der Waals surface area (Å²) in [4.78, 5) is 15.3. The van der Waals surface area contributed by atoms with Crippen molar-refractivity contribution in [3.8, 4) is 11.5 Å². The molecular weight excluding hydrogens is 508 g/mol. The number of hydrogen-bond acceptors (Lipinski definition) is 5. The number of ether oxygens (including phenoxy) is 2. The van der Waals surface area contributed by atoms with Crippen molar-refractivity contribution < 1.29 is 26.3 Å². The molecular formula is C29H29O6S2+. The first-order chi connectivity index (χ1) is 17.8. The summed E-state index contributed by atoms with van der Waals surface area (Å²) >= 11 is 0. The van der Waals surface area contributed by atoms with E-state index in [1.165, 1.54) is 14.2 Å². The largest absolute Gasteiger partial charge is 0.497 e. The minimum Gasteiger partial charge on any atom is -0.497 e. The molecule has 0 aliphatic heterocycles. The Morgan fingerprint density at radius 2 is 1.30 bits per heavy atom. The molecule has 0 spiro atoms. The van der Waals surface area contributed by atoms with Gasteiger partial charge in [0.15, 0.2) is 5.78 Å². The minimum absolute atomic E-state index is 0.0771. The molecule has 0 bridgehead atoms. The maximum absolute atomic E-state index is 14.0. The second-order valence-electron chi connectivity index (χ2n) is 8.32. The van der Waals surface area contributed by atoms with Gasteiger partial charge in [0, 0.05) is 10.3 Å². The van der Waals surface area contributed by atoms with Crippen LogP contribution >= 0.6 is 10.3 Å². The lowest BCUT2D eigenvalue weighted by atomic mass is 10.1. The van der Waals surface area contributed by atoms with Crippen LogP contribution in [-0.4, -0.2) is 37.8 Å². The van der Waals surface area contributed by atoms with Crippen molar-refractivity contribution in [2.24, 2.45) is 0 Å². The van der Waals surface area contributed by atoms with E-state index in [2.05, 4.69) is 3.63 Å². The number of carbonyl (C=O) groups is 1. The SMILES string of the molecule is COc1ccc(OC)c(C(=O)CS([OH+]S(=O)(=O)c2ccc(C)cc2)(c2ccccc2)c2ccccc2)c1. The van der Waals surface area contributed by atoms with Gasteiger partial charge < -0.3 is 9.47 Å². The highest BCUT2D eigenvalue weighted by Gasteiger charge is 2.44. The lowest BCUT2D eigenvalue weighted by molar-refractivity contribution is 0.101. The highest BCUT2D eigenvalue weighted by Crippen LogP contribution is 2.63. The summed E-state index contributed by atoms with van der Waals surface area (Å²) in [6.07, 6.45) is 0. The van der Waals surface area contributed by atoms with E-state index in [1.807, 2.05) is 67.6 Å². The Morgan fingerprint density at radius 3 is 1.81 bits per heavy atom. The van der Waals surface area contributed by atoms with Crippen LogP contribution in [0.5, 0.6) is 11.5 Å². The predicted molar refractivity (Wildman–Crippen MR) is 147 cm³/mol. The van der Waals surface area contributed by atoms with Gasteiger partial charge in [-0.1, -0.05) is 54.1 Å². The molecule has 0 fully saturated rings. The number of benzene rings is 4. The fourth-order valence-electron chi connectivity index (χ4n) is 3.93. The molecule has 0 aliphatic rings. The molecule has 0 atom stereocenters. The van der Waals surface area contributed by atoms with Crippen LogP contribution in [0, 0.1) is 6.92 Å². The van der Waals surface area contributed by atoms with Crippen LogP contribution in [-0.2, 0) is 10.1 Å². The molecule has 6 nitrogen and oxygen atoms in total. The summed E-state index contributed by atoms with van der Waals surface area (Å²) in [5, 5.41) is 0. The molecule has 0 saturated heterocycles. The van der Waals surface area contributed by atoms with E-state index in [4.69, 9.17) is 9.47 Å². The second-order valence-corrected chi connectivity index (χ2v) is 13.0. The highest BCUT2D eigenvalue weighted by atomic mass is 32.3. The Bertz CT molecular complexity index is 1430. The third-order valence-corrected chi connectivity index (χ3v) is 11.3. The van der Waals surface area contributed by atoms with Crippen molar-refractivity contribution in [3.63, 3.8) is 0 Å². The van der Waals surface area contributed by atoms with E-state index < -0.39 is 20.4 Å². The Labute approximate surface area is 219 Å². The topological polar surface area (TPSA) is 82.5 Å². The van der Waals surface area contributed by atoms with E-state index in [-0.39, 0.29) is 16.4 Å². The first-order valence-electron chi connectivity index (χ1n) is 11.5. The smallest absolute Gasteiger partial charge is 0.422 e. The van der Waals surface area contributed by atoms with Gasteiger partial charge in [-0.3, -0.25) is 8.42 Å². The fraction of sp³-hybridized carbons (Fsp3) is 0.138. The van der Waals surface area contributed by atoms with E-state index in [0.29, 0.717) is 26.9 Å². The second kappa shape index (κ2) is 11.2. The van der Waals surface area contributed by atoms with Crippen molar-refractivity contribution in [2.75, 3.05) is 20.0 Å². The van der Waals surface area contributed by atoms with Gasteiger partial charge in [0.2, 0.25) is 0 Å². The Hall–Kier alpha value is -3.59. The average molecular weight is 538 g/mol. The maximum Gasteiger partial charge on any atom is 0.422 e. The summed E-state index contributed by atoms with van der Waals surface area (Å²) in [7, 11) is -3.90. The van der Waals surface area contributed by atoms with E-state index in [1.54, 1.807) is 42.5 Å². The van der Waals surface area contributed by atoms with Crippen LogP contribution in [0.4, 0.5) is 0 Å². The number of ketones is 1. The normalized spacial score (nSPS) is 12.1. The van der Waals surface area contributed by atoms with Crippen molar-refractivity contribution in [3.05, 3.63) is 114 Å². The van der Waals surface area contributed by atoms with Gasteiger partial charge in [0.1, 0.15) is 22.1 Å². The number of methoxy groups -OCH3 is 2. The van der Waals surface area contributed by atoms with Crippen molar-refractivity contribution in [1.82, 2.24) is 0 Å². The molecule has 8 heteroatoms. The van der Waals surface area contributed by atoms with Crippen molar-refractivity contribution in [2.45, 2.75) is 21.6 Å². The lowest BCUT2D eigenvalue weighted by Crippen LogP contribution is -2.24. The van der Waals surface area contributed by atoms with Crippen LogP contribution in [0.15, 0.2) is 118 Å². The van der Waals surface area contributed by atoms with Crippen LogP contribution < -0.4 is 9.47 Å². The zero-order chi connectivity index (χ0) is 26.5. The molecule has 0 amide bonds. The molecule has 0 aliphatic carbocycles. The van der Waals surface area contributed by atoms with Gasteiger partial charge in [0.25, 0.3) is 0 Å². The fourth-order valence-corrected chi connectivity index (χ4v) is 9.35. The third kappa shape index (κ3) is 5.72. The predicted octanol–water partition coefficient (Wildman–Crippen LogP) is 6.52. The molecule has 192 valence electrons. The molecule has 4 rings (SSSR count). The molecule has 1 N–H and O–H groups in total. The van der Waals surface area contributed by atoms with Gasteiger partial charge in [-0.25, -0.2) is 0 Å². The maximum atomic E-state index is 14.0. The summed E-state index contributed by atoms with van der Waals surface area (Å²) in [5.41, 5.74) is 1.23. The quantitative estimate of drug-likeness (QED) is 0.131. The summed E-state index contributed by atoms with van der Waals surface area (Å²) in [6.45, 7) is 1.89. The Kier molecular flexibility index (Phi) is 8.02. The first kappa shape index (κ1) is 26.5. The van der Waals surface area contributed by atoms with E-state index in [0.717, 1.165) is 5.56 Å². The van der Waals surface area contributed by atoms with Gasteiger partial charge >= 0.3 is 10.1 Å².